The molecule has 1 aromatic rings. The predicted octanol–water partition coefficient (Wildman–Crippen LogP) is 3.68. The molecule has 1 atom stereocenters. The van der Waals surface area contributed by atoms with Gasteiger partial charge in [0.25, 0.3) is 0 Å². The van der Waals surface area contributed by atoms with Crippen LogP contribution in [0, 0.1) is 5.92 Å². The highest BCUT2D eigenvalue weighted by molar-refractivity contribution is 7.15. The number of nitrogens with zero attached hydrogens (tertiary/aromatic N) is 1. The number of nitrogens with two attached hydrogens (primary N) is 1. The zero-order valence-electron chi connectivity index (χ0n) is 13.0. The van der Waals surface area contributed by atoms with Gasteiger partial charge < -0.3 is 11.1 Å². The average Bonchev–Trinajstić information content (AvgIpc) is 2.87. The number of thiazole rings is 1. The number of nitrogens with one attached hydrogen (secondary N) is 1. The van der Waals surface area contributed by atoms with Crippen LogP contribution in [0.4, 0.5) is 5.13 Å². The lowest BCUT2D eigenvalue weighted by Gasteiger charge is -2.20. The lowest BCUT2D eigenvalue weighted by atomic mass is 9.86. The summed E-state index contributed by atoms with van der Waals surface area (Å²) in [5.41, 5.74) is 7.12. The number of carbonyl (C=O) groups excluding carboxylic acids is 1. The van der Waals surface area contributed by atoms with E-state index in [1.807, 2.05) is 0 Å². The van der Waals surface area contributed by atoms with E-state index in [2.05, 4.69) is 10.3 Å². The topological polar surface area (TPSA) is 68.0 Å². The molecule has 2 aliphatic rings. The fourth-order valence-electron chi connectivity index (χ4n) is 3.45. The summed E-state index contributed by atoms with van der Waals surface area (Å²) >= 11 is 1.61. The number of carbonyl (C=O) groups is 1. The summed E-state index contributed by atoms with van der Waals surface area (Å²) in [5, 5.41) is 3.75. The molecule has 0 aromatic carbocycles. The maximum atomic E-state index is 12.1. The Labute approximate surface area is 142 Å². The minimum absolute atomic E-state index is 0. The van der Waals surface area contributed by atoms with Crippen molar-refractivity contribution in [3.63, 3.8) is 0 Å². The maximum absolute atomic E-state index is 12.1. The van der Waals surface area contributed by atoms with Crippen molar-refractivity contribution < 1.29 is 4.79 Å². The van der Waals surface area contributed by atoms with Gasteiger partial charge in [-0.05, 0) is 31.6 Å². The van der Waals surface area contributed by atoms with Crippen LogP contribution in [0.2, 0.25) is 0 Å². The van der Waals surface area contributed by atoms with Crippen LogP contribution < -0.4 is 11.1 Å². The van der Waals surface area contributed by atoms with E-state index in [-0.39, 0.29) is 24.4 Å². The molecule has 4 nitrogen and oxygen atoms in total. The second kappa shape index (κ2) is 8.27. The van der Waals surface area contributed by atoms with Crippen molar-refractivity contribution in [1.29, 1.82) is 0 Å². The molecule has 1 saturated carbocycles. The maximum Gasteiger partial charge on any atom is 0.226 e. The van der Waals surface area contributed by atoms with Crippen LogP contribution in [0.25, 0.3) is 0 Å². The van der Waals surface area contributed by atoms with Crippen LogP contribution in [-0.4, -0.2) is 16.9 Å². The number of amides is 1. The largest absolute Gasteiger partial charge is 0.327 e. The lowest BCUT2D eigenvalue weighted by Crippen LogP contribution is -2.27. The third kappa shape index (κ3) is 4.67. The smallest absolute Gasteiger partial charge is 0.226 e. The molecule has 0 aliphatic heterocycles. The Bertz CT molecular complexity index is 500. The van der Waals surface area contributed by atoms with E-state index in [9.17, 15) is 4.79 Å². The van der Waals surface area contributed by atoms with Crippen LogP contribution in [-0.2, 0) is 17.6 Å². The van der Waals surface area contributed by atoms with Crippen molar-refractivity contribution in [2.45, 2.75) is 70.3 Å². The Morgan fingerprint density at radius 1 is 1.27 bits per heavy atom. The Hall–Kier alpha value is -0.650. The molecule has 3 N–H and O–H groups in total. The summed E-state index contributed by atoms with van der Waals surface area (Å²) in [6.07, 6.45) is 11.2. The fraction of sp³-hybridized carbons (Fsp3) is 0.750. The third-order valence-corrected chi connectivity index (χ3v) is 5.76. The minimum atomic E-state index is 0. The van der Waals surface area contributed by atoms with Gasteiger partial charge in [-0.2, -0.15) is 0 Å². The first-order valence-electron chi connectivity index (χ1n) is 8.24. The van der Waals surface area contributed by atoms with E-state index in [4.69, 9.17) is 5.73 Å². The molecule has 124 valence electrons. The van der Waals surface area contributed by atoms with Gasteiger partial charge in [0.05, 0.1) is 5.69 Å². The Kier molecular flexibility index (Phi) is 6.66. The molecule has 0 unspecified atom stereocenters. The van der Waals surface area contributed by atoms with Gasteiger partial charge in [0.1, 0.15) is 0 Å². The quantitative estimate of drug-likeness (QED) is 0.876. The first-order chi connectivity index (χ1) is 10.2. The van der Waals surface area contributed by atoms with Crippen LogP contribution >= 0.6 is 23.7 Å². The van der Waals surface area contributed by atoms with Crippen molar-refractivity contribution in [3.05, 3.63) is 10.6 Å². The monoisotopic (exact) mass is 343 g/mol. The second-order valence-electron chi connectivity index (χ2n) is 6.48. The number of aryl methyl sites for hydroxylation is 1. The fourth-order valence-corrected chi connectivity index (χ4v) is 4.56. The SMILES string of the molecule is Cl.N[C@H]1CCc2nc(NC(=O)CCC3CCCCC3)sc2C1. The molecule has 1 amide bonds. The molecule has 3 rings (SSSR count). The van der Waals surface area contributed by atoms with Crippen molar-refractivity contribution in [1.82, 2.24) is 4.98 Å². The number of anilines is 1. The van der Waals surface area contributed by atoms with Gasteiger partial charge in [0.2, 0.25) is 5.91 Å². The van der Waals surface area contributed by atoms with E-state index in [1.165, 1.54) is 37.0 Å². The number of hydrogen-bond acceptors (Lipinski definition) is 4. The number of hydrogen-bond donors (Lipinski definition) is 2. The highest BCUT2D eigenvalue weighted by atomic mass is 35.5. The number of halogens is 1. The molecule has 1 aromatic heterocycles. The van der Waals surface area contributed by atoms with Crippen LogP contribution in [0.5, 0.6) is 0 Å². The van der Waals surface area contributed by atoms with Gasteiger partial charge in [-0.1, -0.05) is 32.1 Å². The minimum Gasteiger partial charge on any atom is -0.327 e. The van der Waals surface area contributed by atoms with E-state index in [0.717, 1.165) is 42.4 Å². The van der Waals surface area contributed by atoms with E-state index < -0.39 is 0 Å². The van der Waals surface area contributed by atoms with Gasteiger partial charge in [-0.15, -0.1) is 23.7 Å². The molecule has 0 spiro atoms. The molecule has 1 heterocycles. The van der Waals surface area contributed by atoms with Crippen molar-refractivity contribution in [3.8, 4) is 0 Å². The van der Waals surface area contributed by atoms with E-state index >= 15 is 0 Å². The van der Waals surface area contributed by atoms with Gasteiger partial charge in [-0.25, -0.2) is 4.98 Å². The van der Waals surface area contributed by atoms with E-state index in [1.54, 1.807) is 11.3 Å². The van der Waals surface area contributed by atoms with Crippen LogP contribution in [0.15, 0.2) is 0 Å². The molecular formula is C16H26ClN3OS. The Balaban J connectivity index is 0.00000176. The van der Waals surface area contributed by atoms with Gasteiger partial charge >= 0.3 is 0 Å². The lowest BCUT2D eigenvalue weighted by molar-refractivity contribution is -0.116. The van der Waals surface area contributed by atoms with Crippen molar-refractivity contribution >= 4 is 34.8 Å². The molecule has 0 bridgehead atoms. The normalized spacial score (nSPS) is 21.8. The molecule has 2 aliphatic carbocycles. The highest BCUT2D eigenvalue weighted by Gasteiger charge is 2.21. The zero-order valence-corrected chi connectivity index (χ0v) is 14.6. The predicted molar refractivity (Wildman–Crippen MR) is 93.8 cm³/mol. The summed E-state index contributed by atoms with van der Waals surface area (Å²) in [5.74, 6) is 0.878. The van der Waals surface area contributed by atoms with Gasteiger partial charge in [0, 0.05) is 17.3 Å². The third-order valence-electron chi connectivity index (χ3n) is 4.73. The van der Waals surface area contributed by atoms with Gasteiger partial charge in [0.15, 0.2) is 5.13 Å². The summed E-state index contributed by atoms with van der Waals surface area (Å²) in [7, 11) is 0. The molecule has 6 heteroatoms. The Morgan fingerprint density at radius 3 is 2.82 bits per heavy atom. The summed E-state index contributed by atoms with van der Waals surface area (Å²) in [4.78, 5) is 17.9. The standard InChI is InChI=1S/C16H25N3OS.ClH/c17-12-7-8-13-14(10-12)21-16(18-13)19-15(20)9-6-11-4-2-1-3-5-11;/h11-12H,1-10,17H2,(H,18,19,20);1H/t12-;/m0./s1. The summed E-state index contributed by atoms with van der Waals surface area (Å²) in [6, 6.07) is 0.257. The van der Waals surface area contributed by atoms with Crippen molar-refractivity contribution in [2.75, 3.05) is 5.32 Å². The molecule has 0 radical (unpaired) electrons. The molecule has 22 heavy (non-hydrogen) atoms. The van der Waals surface area contributed by atoms with Crippen LogP contribution in [0.1, 0.15) is 61.9 Å². The summed E-state index contributed by atoms with van der Waals surface area (Å²) < 4.78 is 0. The van der Waals surface area contributed by atoms with Gasteiger partial charge in [-0.3, -0.25) is 4.79 Å². The first kappa shape index (κ1) is 17.7. The first-order valence-corrected chi connectivity index (χ1v) is 9.06. The molecular weight excluding hydrogens is 318 g/mol. The Morgan fingerprint density at radius 2 is 2.05 bits per heavy atom. The number of aromatic nitrogens is 1. The average molecular weight is 344 g/mol. The molecule has 1 fully saturated rings. The van der Waals surface area contributed by atoms with E-state index in [0.29, 0.717) is 6.42 Å². The highest BCUT2D eigenvalue weighted by Crippen LogP contribution is 2.30. The zero-order chi connectivity index (χ0) is 14.7. The second-order valence-corrected chi connectivity index (χ2v) is 7.57. The number of fused-ring (bicyclic) bond motifs is 1. The number of rotatable bonds is 4. The van der Waals surface area contributed by atoms with Crippen LogP contribution in [0.3, 0.4) is 0 Å². The molecule has 0 saturated heterocycles. The summed E-state index contributed by atoms with van der Waals surface area (Å²) in [6.45, 7) is 0. The van der Waals surface area contributed by atoms with Crippen molar-refractivity contribution in [2.24, 2.45) is 11.7 Å².